The molecule has 0 unspecified atom stereocenters. The second kappa shape index (κ2) is 8.94. The van der Waals surface area contributed by atoms with E-state index in [2.05, 4.69) is 0 Å². The molecule has 0 saturated heterocycles. The van der Waals surface area contributed by atoms with E-state index in [9.17, 15) is 13.7 Å². The molecule has 1 aliphatic rings. The minimum absolute atomic E-state index is 0.0917. The molecule has 0 heterocycles. The molecule has 1 saturated carbocycles. The van der Waals surface area contributed by atoms with Crippen molar-refractivity contribution in [1.82, 2.24) is 0 Å². The Kier molecular flexibility index (Phi) is 6.37. The van der Waals surface area contributed by atoms with Gasteiger partial charge in [0.1, 0.15) is 11.0 Å². The maximum atomic E-state index is 12.7. The average molecular weight is 397 g/mol. The number of benzene rings is 2. The molecule has 1 fully saturated rings. The highest BCUT2D eigenvalue weighted by Crippen LogP contribution is 2.33. The quantitative estimate of drug-likeness (QED) is 0.631. The van der Waals surface area contributed by atoms with Crippen LogP contribution in [-0.2, 0) is 9.84 Å². The van der Waals surface area contributed by atoms with E-state index in [0.717, 1.165) is 12.8 Å². The molecular formula is C22H23NO4S. The number of hydrogen-bond acceptors (Lipinski definition) is 5. The van der Waals surface area contributed by atoms with Crippen molar-refractivity contribution in [3.05, 3.63) is 59.0 Å². The molecule has 146 valence electrons. The Morgan fingerprint density at radius 3 is 2.50 bits per heavy atom. The predicted octanol–water partition coefficient (Wildman–Crippen LogP) is 4.75. The van der Waals surface area contributed by atoms with E-state index in [1.807, 2.05) is 13.0 Å². The van der Waals surface area contributed by atoms with Gasteiger partial charge < -0.3 is 9.47 Å². The summed E-state index contributed by atoms with van der Waals surface area (Å²) in [5.74, 6) is 1.20. The molecule has 3 rings (SSSR count). The van der Waals surface area contributed by atoms with Crippen LogP contribution in [0.25, 0.3) is 6.08 Å². The van der Waals surface area contributed by atoms with Gasteiger partial charge in [0.15, 0.2) is 11.5 Å². The van der Waals surface area contributed by atoms with Crippen LogP contribution >= 0.6 is 0 Å². The van der Waals surface area contributed by atoms with E-state index < -0.39 is 9.84 Å². The average Bonchev–Trinajstić information content (AvgIpc) is 3.22. The van der Waals surface area contributed by atoms with Gasteiger partial charge in [0.25, 0.3) is 0 Å². The van der Waals surface area contributed by atoms with Crippen molar-refractivity contribution in [2.45, 2.75) is 43.6 Å². The molecule has 1 aliphatic carbocycles. The Bertz CT molecular complexity index is 985. The van der Waals surface area contributed by atoms with Gasteiger partial charge in [-0.05, 0) is 68.5 Å². The van der Waals surface area contributed by atoms with Gasteiger partial charge in [0.2, 0.25) is 9.84 Å². The lowest BCUT2D eigenvalue weighted by Crippen LogP contribution is -2.12. The molecule has 0 amide bonds. The summed E-state index contributed by atoms with van der Waals surface area (Å²) in [6.07, 6.45) is 5.94. The zero-order valence-electron chi connectivity index (χ0n) is 15.8. The summed E-state index contributed by atoms with van der Waals surface area (Å²) in [5, 5.41) is 9.45. The minimum atomic E-state index is -3.88. The molecular weight excluding hydrogens is 374 g/mol. The van der Waals surface area contributed by atoms with E-state index in [1.165, 1.54) is 31.1 Å². The molecule has 6 heteroatoms. The van der Waals surface area contributed by atoms with Gasteiger partial charge in [-0.3, -0.25) is 0 Å². The number of ether oxygens (including phenoxy) is 2. The van der Waals surface area contributed by atoms with Crippen molar-refractivity contribution < 1.29 is 17.9 Å². The van der Waals surface area contributed by atoms with Gasteiger partial charge >= 0.3 is 0 Å². The van der Waals surface area contributed by atoms with Crippen LogP contribution in [0.5, 0.6) is 11.5 Å². The van der Waals surface area contributed by atoms with Crippen LogP contribution in [0.15, 0.2) is 58.3 Å². The molecule has 2 aromatic carbocycles. The van der Waals surface area contributed by atoms with Crippen molar-refractivity contribution in [2.75, 3.05) is 6.61 Å². The number of hydrogen-bond donors (Lipinski definition) is 0. The van der Waals surface area contributed by atoms with Crippen molar-refractivity contribution in [2.24, 2.45) is 0 Å². The van der Waals surface area contributed by atoms with Gasteiger partial charge in [-0.2, -0.15) is 5.26 Å². The highest BCUT2D eigenvalue weighted by Gasteiger charge is 2.21. The lowest BCUT2D eigenvalue weighted by Gasteiger charge is -2.17. The van der Waals surface area contributed by atoms with E-state index in [4.69, 9.17) is 9.47 Å². The van der Waals surface area contributed by atoms with Crippen LogP contribution in [0, 0.1) is 11.3 Å². The second-order valence-corrected chi connectivity index (χ2v) is 8.52. The molecule has 0 aromatic heterocycles. The van der Waals surface area contributed by atoms with E-state index in [0.29, 0.717) is 23.7 Å². The van der Waals surface area contributed by atoms with Gasteiger partial charge in [0.05, 0.1) is 17.6 Å². The smallest absolute Gasteiger partial charge is 0.216 e. The summed E-state index contributed by atoms with van der Waals surface area (Å²) >= 11 is 0. The van der Waals surface area contributed by atoms with Crippen molar-refractivity contribution >= 4 is 15.9 Å². The fourth-order valence-corrected chi connectivity index (χ4v) is 4.39. The Morgan fingerprint density at radius 2 is 1.86 bits per heavy atom. The van der Waals surface area contributed by atoms with Crippen molar-refractivity contribution in [3.8, 4) is 17.6 Å². The minimum Gasteiger partial charge on any atom is -0.490 e. The number of nitrogens with zero attached hydrogens (tertiary/aromatic N) is 1. The highest BCUT2D eigenvalue weighted by molar-refractivity contribution is 7.95. The lowest BCUT2D eigenvalue weighted by atomic mass is 10.2. The topological polar surface area (TPSA) is 76.4 Å². The molecule has 0 aliphatic heterocycles. The Morgan fingerprint density at radius 1 is 1.14 bits per heavy atom. The van der Waals surface area contributed by atoms with Crippen LogP contribution in [0.2, 0.25) is 0 Å². The van der Waals surface area contributed by atoms with E-state index in [1.54, 1.807) is 36.4 Å². The second-order valence-electron chi connectivity index (χ2n) is 6.60. The van der Waals surface area contributed by atoms with Crippen LogP contribution in [0.4, 0.5) is 0 Å². The summed E-state index contributed by atoms with van der Waals surface area (Å²) in [4.78, 5) is -0.223. The fourth-order valence-electron chi connectivity index (χ4n) is 3.21. The Hall–Kier alpha value is -2.78. The number of sulfone groups is 1. The standard InChI is InChI=1S/C22H23NO4S/c1-2-26-22-15-17(12-13-21(22)27-18-8-6-7-9-18)14-20(16-23)28(24,25)19-10-4-3-5-11-19/h3-5,10-15,18H,2,6-9H2,1H3/b20-14+. The molecule has 0 bridgehead atoms. The fraction of sp³-hybridized carbons (Fsp3) is 0.318. The van der Waals surface area contributed by atoms with Gasteiger partial charge in [0, 0.05) is 0 Å². The van der Waals surface area contributed by atoms with Crippen LogP contribution < -0.4 is 9.47 Å². The maximum Gasteiger partial charge on any atom is 0.216 e. The molecule has 0 spiro atoms. The third kappa shape index (κ3) is 4.55. The summed E-state index contributed by atoms with van der Waals surface area (Å²) < 4.78 is 37.2. The lowest BCUT2D eigenvalue weighted by molar-refractivity contribution is 0.197. The summed E-state index contributed by atoms with van der Waals surface area (Å²) in [6.45, 7) is 2.34. The predicted molar refractivity (Wildman–Crippen MR) is 108 cm³/mol. The third-order valence-electron chi connectivity index (χ3n) is 4.61. The molecule has 28 heavy (non-hydrogen) atoms. The first-order chi connectivity index (χ1) is 13.5. The molecule has 2 aromatic rings. The van der Waals surface area contributed by atoms with Crippen LogP contribution in [-0.4, -0.2) is 21.1 Å². The van der Waals surface area contributed by atoms with Gasteiger partial charge in [-0.1, -0.05) is 24.3 Å². The third-order valence-corrected chi connectivity index (χ3v) is 6.30. The van der Waals surface area contributed by atoms with E-state index in [-0.39, 0.29) is 15.9 Å². The summed E-state index contributed by atoms with van der Waals surface area (Å²) in [7, 11) is -3.88. The summed E-state index contributed by atoms with van der Waals surface area (Å²) in [5.41, 5.74) is 0.568. The van der Waals surface area contributed by atoms with E-state index >= 15 is 0 Å². The first-order valence-corrected chi connectivity index (χ1v) is 10.9. The Labute approximate surface area is 166 Å². The zero-order chi connectivity index (χ0) is 20.0. The van der Waals surface area contributed by atoms with Gasteiger partial charge in [-0.25, -0.2) is 8.42 Å². The zero-order valence-corrected chi connectivity index (χ0v) is 16.6. The highest BCUT2D eigenvalue weighted by atomic mass is 32.2. The normalized spacial score (nSPS) is 15.2. The van der Waals surface area contributed by atoms with Crippen LogP contribution in [0.1, 0.15) is 38.2 Å². The monoisotopic (exact) mass is 397 g/mol. The largest absolute Gasteiger partial charge is 0.490 e. The van der Waals surface area contributed by atoms with Crippen molar-refractivity contribution in [3.63, 3.8) is 0 Å². The van der Waals surface area contributed by atoms with Crippen LogP contribution in [0.3, 0.4) is 0 Å². The molecule has 0 N–H and O–H groups in total. The first kappa shape index (κ1) is 20.0. The van der Waals surface area contributed by atoms with Gasteiger partial charge in [-0.15, -0.1) is 0 Å². The Balaban J connectivity index is 1.93. The summed E-state index contributed by atoms with van der Waals surface area (Å²) in [6, 6.07) is 15.0. The van der Waals surface area contributed by atoms with Crippen molar-refractivity contribution in [1.29, 1.82) is 5.26 Å². The molecule has 0 radical (unpaired) electrons. The maximum absolute atomic E-state index is 12.7. The molecule has 5 nitrogen and oxygen atoms in total. The first-order valence-electron chi connectivity index (χ1n) is 9.40. The number of nitriles is 1. The molecule has 0 atom stereocenters. The number of rotatable bonds is 7. The number of allylic oxidation sites excluding steroid dienone is 1. The SMILES string of the molecule is CCOc1cc(/C=C(\C#N)S(=O)(=O)c2ccccc2)ccc1OC1CCCC1.